The van der Waals surface area contributed by atoms with Crippen LogP contribution < -0.4 is 10.1 Å². The Labute approximate surface area is 185 Å². The number of carbonyl (C=O) groups is 2. The fourth-order valence-corrected chi connectivity index (χ4v) is 5.29. The third-order valence-electron chi connectivity index (χ3n) is 5.98. The summed E-state index contributed by atoms with van der Waals surface area (Å²) < 4.78 is 42.7. The Morgan fingerprint density at radius 3 is 2.55 bits per heavy atom. The third kappa shape index (κ3) is 4.42. The molecule has 0 saturated carbocycles. The maximum Gasteiger partial charge on any atom is 0.573 e. The second-order valence-corrected chi connectivity index (χ2v) is 8.70. The van der Waals surface area contributed by atoms with E-state index in [4.69, 9.17) is 0 Å². The number of ether oxygens (including phenoxy) is 1. The number of likely N-dealkylation sites (tertiary alicyclic amines) is 1. The lowest BCUT2D eigenvalue weighted by atomic mass is 9.74. The lowest BCUT2D eigenvalue weighted by Gasteiger charge is -2.40. The van der Waals surface area contributed by atoms with Crippen molar-refractivity contribution in [3.63, 3.8) is 0 Å². The Kier molecular flexibility index (Phi) is 5.72. The number of Topliss-reactive ketones (excluding diaryl/α,β-unsaturated/α-hetero) is 1. The van der Waals surface area contributed by atoms with Crippen LogP contribution in [0.2, 0.25) is 0 Å². The number of ketones is 1. The molecule has 0 bridgehead atoms. The van der Waals surface area contributed by atoms with Gasteiger partial charge in [-0.3, -0.25) is 4.79 Å². The molecule has 1 aliphatic carbocycles. The van der Waals surface area contributed by atoms with E-state index in [1.54, 1.807) is 11.0 Å². The van der Waals surface area contributed by atoms with Gasteiger partial charge in [-0.05, 0) is 30.5 Å². The normalized spacial score (nSPS) is 17.5. The summed E-state index contributed by atoms with van der Waals surface area (Å²) in [6.07, 6.45) is -3.07. The van der Waals surface area contributed by atoms with Crippen molar-refractivity contribution >= 4 is 27.7 Å². The highest BCUT2D eigenvalue weighted by Crippen LogP contribution is 2.49. The van der Waals surface area contributed by atoms with Gasteiger partial charge in [0.05, 0.1) is 0 Å². The first-order chi connectivity index (χ1) is 14.7. The summed E-state index contributed by atoms with van der Waals surface area (Å²) in [6.45, 7) is 0.834. The molecule has 1 aliphatic heterocycles. The summed E-state index contributed by atoms with van der Waals surface area (Å²) in [5.41, 5.74) is 1.73. The molecular formula is C22H20BrF3N2O3. The van der Waals surface area contributed by atoms with Crippen molar-refractivity contribution in [1.82, 2.24) is 10.2 Å². The van der Waals surface area contributed by atoms with Gasteiger partial charge in [-0.2, -0.15) is 0 Å². The number of nitrogens with zero attached hydrogens (tertiary/aromatic N) is 1. The Morgan fingerprint density at radius 1 is 1.13 bits per heavy atom. The number of para-hydroxylation sites is 1. The van der Waals surface area contributed by atoms with E-state index in [0.29, 0.717) is 32.4 Å². The molecule has 2 aromatic rings. The van der Waals surface area contributed by atoms with Gasteiger partial charge in [0, 0.05) is 47.1 Å². The SMILES string of the molecule is O=C1CC2(CCN(C(=O)NCc3ccccc3OC(F)(F)F)CC2)c2c(Br)cccc21. The molecule has 5 nitrogen and oxygen atoms in total. The number of fused-ring (bicyclic) bond motifs is 2. The van der Waals surface area contributed by atoms with E-state index in [9.17, 15) is 22.8 Å². The monoisotopic (exact) mass is 496 g/mol. The van der Waals surface area contributed by atoms with E-state index < -0.39 is 6.36 Å². The maximum absolute atomic E-state index is 12.6. The molecule has 2 aromatic carbocycles. The first kappa shape index (κ1) is 21.7. The molecule has 2 aliphatic rings. The average Bonchev–Trinajstić information content (AvgIpc) is 2.99. The van der Waals surface area contributed by atoms with E-state index in [1.165, 1.54) is 18.2 Å². The molecule has 0 aromatic heterocycles. The van der Waals surface area contributed by atoms with Crippen molar-refractivity contribution < 1.29 is 27.5 Å². The molecule has 2 amide bonds. The van der Waals surface area contributed by atoms with Gasteiger partial charge in [0.25, 0.3) is 0 Å². The van der Waals surface area contributed by atoms with E-state index in [-0.39, 0.29) is 35.1 Å². The van der Waals surface area contributed by atoms with Gasteiger partial charge >= 0.3 is 12.4 Å². The summed E-state index contributed by atoms with van der Waals surface area (Å²) in [7, 11) is 0. The van der Waals surface area contributed by atoms with Crippen LogP contribution in [0.3, 0.4) is 0 Å². The highest BCUT2D eigenvalue weighted by Gasteiger charge is 2.46. The minimum Gasteiger partial charge on any atom is -0.405 e. The Hall–Kier alpha value is -2.55. The summed E-state index contributed by atoms with van der Waals surface area (Å²) in [4.78, 5) is 26.8. The van der Waals surface area contributed by atoms with E-state index in [1.807, 2.05) is 18.2 Å². The number of benzene rings is 2. The van der Waals surface area contributed by atoms with Crippen molar-refractivity contribution in [2.75, 3.05) is 13.1 Å². The third-order valence-corrected chi connectivity index (χ3v) is 6.64. The zero-order valence-electron chi connectivity index (χ0n) is 16.5. The number of urea groups is 1. The summed E-state index contributed by atoms with van der Waals surface area (Å²) in [6, 6.07) is 11.0. The smallest absolute Gasteiger partial charge is 0.405 e. The van der Waals surface area contributed by atoms with Gasteiger partial charge in [-0.15, -0.1) is 13.2 Å². The molecule has 0 atom stereocenters. The van der Waals surface area contributed by atoms with Gasteiger partial charge in [-0.25, -0.2) is 4.79 Å². The minimum absolute atomic E-state index is 0.0837. The fourth-order valence-electron chi connectivity index (χ4n) is 4.51. The number of carbonyl (C=O) groups excluding carboxylic acids is 2. The number of hydrogen-bond acceptors (Lipinski definition) is 3. The molecule has 164 valence electrons. The van der Waals surface area contributed by atoms with Gasteiger partial charge in [0.1, 0.15) is 5.75 Å². The molecule has 1 N–H and O–H groups in total. The van der Waals surface area contributed by atoms with E-state index in [0.717, 1.165) is 15.6 Å². The quantitative estimate of drug-likeness (QED) is 0.636. The Morgan fingerprint density at radius 2 is 1.84 bits per heavy atom. The molecule has 4 rings (SSSR count). The summed E-state index contributed by atoms with van der Waals surface area (Å²) >= 11 is 3.57. The largest absolute Gasteiger partial charge is 0.573 e. The van der Waals surface area contributed by atoms with Crippen LogP contribution in [0, 0.1) is 0 Å². The van der Waals surface area contributed by atoms with Crippen molar-refractivity contribution in [3.8, 4) is 5.75 Å². The Bertz CT molecular complexity index is 1020. The molecule has 1 fully saturated rings. The lowest BCUT2D eigenvalue weighted by molar-refractivity contribution is -0.274. The van der Waals surface area contributed by atoms with Crippen LogP contribution in [0.4, 0.5) is 18.0 Å². The topological polar surface area (TPSA) is 58.6 Å². The summed E-state index contributed by atoms with van der Waals surface area (Å²) in [5.74, 6) is -0.214. The van der Waals surface area contributed by atoms with Crippen molar-refractivity contribution in [1.29, 1.82) is 0 Å². The minimum atomic E-state index is -4.80. The first-order valence-electron chi connectivity index (χ1n) is 9.87. The molecular weight excluding hydrogens is 477 g/mol. The second-order valence-electron chi connectivity index (χ2n) is 7.84. The van der Waals surface area contributed by atoms with Gasteiger partial charge < -0.3 is 15.0 Å². The maximum atomic E-state index is 12.6. The fraction of sp³-hybridized carbons (Fsp3) is 0.364. The lowest BCUT2D eigenvalue weighted by Crippen LogP contribution is -2.48. The summed E-state index contributed by atoms with van der Waals surface area (Å²) in [5, 5.41) is 2.68. The number of rotatable bonds is 3. The molecule has 31 heavy (non-hydrogen) atoms. The first-order valence-corrected chi connectivity index (χ1v) is 10.7. The van der Waals surface area contributed by atoms with Crippen LogP contribution in [0.5, 0.6) is 5.75 Å². The molecule has 0 unspecified atom stereocenters. The highest BCUT2D eigenvalue weighted by atomic mass is 79.9. The standard InChI is InChI=1S/C22H20BrF3N2O3/c23-16-6-3-5-15-17(29)12-21(19(15)16)8-10-28(11-9-21)20(30)27-13-14-4-1-2-7-18(14)31-22(24,25)26/h1-7H,8-13H2,(H,27,30). The molecule has 9 heteroatoms. The molecule has 1 saturated heterocycles. The van der Waals surface area contributed by atoms with Gasteiger partial charge in [-0.1, -0.05) is 46.3 Å². The van der Waals surface area contributed by atoms with Crippen molar-refractivity contribution in [2.24, 2.45) is 0 Å². The van der Waals surface area contributed by atoms with Crippen LogP contribution in [0.1, 0.15) is 40.7 Å². The number of nitrogens with one attached hydrogen (secondary N) is 1. The molecule has 1 heterocycles. The van der Waals surface area contributed by atoms with Crippen LogP contribution >= 0.6 is 15.9 Å². The molecule has 1 spiro atoms. The van der Waals surface area contributed by atoms with Crippen LogP contribution in [-0.4, -0.2) is 36.2 Å². The number of halogens is 4. The van der Waals surface area contributed by atoms with Gasteiger partial charge in [0.15, 0.2) is 5.78 Å². The average molecular weight is 497 g/mol. The predicted octanol–water partition coefficient (Wildman–Crippen LogP) is 5.18. The van der Waals surface area contributed by atoms with Crippen LogP contribution in [0.25, 0.3) is 0 Å². The number of hydrogen-bond donors (Lipinski definition) is 1. The van der Waals surface area contributed by atoms with Gasteiger partial charge in [0.2, 0.25) is 0 Å². The number of alkyl halides is 3. The van der Waals surface area contributed by atoms with Crippen LogP contribution in [-0.2, 0) is 12.0 Å². The highest BCUT2D eigenvalue weighted by molar-refractivity contribution is 9.10. The second kappa shape index (κ2) is 8.18. The number of amides is 2. The number of piperidine rings is 1. The van der Waals surface area contributed by atoms with Crippen molar-refractivity contribution in [3.05, 3.63) is 63.6 Å². The predicted molar refractivity (Wildman–Crippen MR) is 111 cm³/mol. The Balaban J connectivity index is 1.39. The molecule has 0 radical (unpaired) electrons. The van der Waals surface area contributed by atoms with E-state index in [2.05, 4.69) is 26.0 Å². The van der Waals surface area contributed by atoms with Crippen LogP contribution in [0.15, 0.2) is 46.9 Å². The van der Waals surface area contributed by atoms with E-state index >= 15 is 0 Å². The zero-order chi connectivity index (χ0) is 22.2. The zero-order valence-corrected chi connectivity index (χ0v) is 18.1. The van der Waals surface area contributed by atoms with Crippen molar-refractivity contribution in [2.45, 2.75) is 37.6 Å².